The van der Waals surface area contributed by atoms with E-state index in [0.717, 1.165) is 11.8 Å². The Bertz CT molecular complexity index is 389. The van der Waals surface area contributed by atoms with Crippen molar-refractivity contribution in [1.82, 2.24) is 0 Å². The van der Waals surface area contributed by atoms with Gasteiger partial charge < -0.3 is 4.90 Å². The monoisotopic (exact) mass is 259 g/mol. The first-order valence-electron chi connectivity index (χ1n) is 7.73. The molecule has 1 aromatic rings. The highest BCUT2D eigenvalue weighted by Gasteiger charge is 2.22. The summed E-state index contributed by atoms with van der Waals surface area (Å²) in [5.41, 5.74) is 3.08. The molecule has 1 aliphatic rings. The average molecular weight is 259 g/mol. The molecule has 0 spiro atoms. The normalized spacial score (nSPS) is 18.1. The molecule has 1 saturated heterocycles. The molecular formula is C18H29N. The second-order valence-corrected chi connectivity index (χ2v) is 7.37. The summed E-state index contributed by atoms with van der Waals surface area (Å²) >= 11 is 0. The highest BCUT2D eigenvalue weighted by Crippen LogP contribution is 2.29. The SMILES string of the molecule is CC(C)C1CCN(c2ccc(C(C)(C)C)cc2)CC1. The maximum absolute atomic E-state index is 2.55. The molecular weight excluding hydrogens is 230 g/mol. The van der Waals surface area contributed by atoms with Gasteiger partial charge in [-0.2, -0.15) is 0 Å². The second kappa shape index (κ2) is 5.56. The molecule has 0 unspecified atom stereocenters. The summed E-state index contributed by atoms with van der Waals surface area (Å²) < 4.78 is 0. The van der Waals surface area contributed by atoms with E-state index in [2.05, 4.69) is 63.8 Å². The largest absolute Gasteiger partial charge is 0.372 e. The molecule has 2 rings (SSSR count). The van der Waals surface area contributed by atoms with E-state index < -0.39 is 0 Å². The minimum absolute atomic E-state index is 0.253. The van der Waals surface area contributed by atoms with Crippen molar-refractivity contribution in [1.29, 1.82) is 0 Å². The van der Waals surface area contributed by atoms with Gasteiger partial charge in [0.05, 0.1) is 0 Å². The van der Waals surface area contributed by atoms with E-state index >= 15 is 0 Å². The Hall–Kier alpha value is -0.980. The van der Waals surface area contributed by atoms with Crippen LogP contribution in [-0.2, 0) is 5.41 Å². The van der Waals surface area contributed by atoms with Crippen molar-refractivity contribution in [3.8, 4) is 0 Å². The zero-order valence-electron chi connectivity index (χ0n) is 13.2. The first kappa shape index (κ1) is 14.4. The molecule has 0 radical (unpaired) electrons. The predicted octanol–water partition coefficient (Wildman–Crippen LogP) is 4.86. The number of hydrogen-bond acceptors (Lipinski definition) is 1. The van der Waals surface area contributed by atoms with Gasteiger partial charge in [-0.15, -0.1) is 0 Å². The molecule has 0 saturated carbocycles. The number of rotatable bonds is 2. The van der Waals surface area contributed by atoms with E-state index in [1.54, 1.807) is 0 Å². The van der Waals surface area contributed by atoms with E-state index in [0.29, 0.717) is 0 Å². The van der Waals surface area contributed by atoms with Crippen molar-refractivity contribution >= 4 is 5.69 Å². The van der Waals surface area contributed by atoms with Gasteiger partial charge in [-0.05, 0) is 47.8 Å². The molecule has 1 aliphatic heterocycles. The Morgan fingerprint density at radius 3 is 1.95 bits per heavy atom. The summed E-state index contributed by atoms with van der Waals surface area (Å²) in [6, 6.07) is 9.19. The fourth-order valence-electron chi connectivity index (χ4n) is 3.00. The molecule has 1 fully saturated rings. The number of nitrogens with zero attached hydrogens (tertiary/aromatic N) is 1. The van der Waals surface area contributed by atoms with Crippen LogP contribution < -0.4 is 4.90 Å². The van der Waals surface area contributed by atoms with E-state index in [1.165, 1.54) is 37.2 Å². The van der Waals surface area contributed by atoms with Crippen LogP contribution >= 0.6 is 0 Å². The molecule has 1 heterocycles. The molecule has 0 amide bonds. The lowest BCUT2D eigenvalue weighted by Crippen LogP contribution is -2.35. The molecule has 0 atom stereocenters. The van der Waals surface area contributed by atoms with Crippen LogP contribution in [0.15, 0.2) is 24.3 Å². The van der Waals surface area contributed by atoms with Gasteiger partial charge in [0.15, 0.2) is 0 Å². The number of benzene rings is 1. The fraction of sp³-hybridized carbons (Fsp3) is 0.667. The molecule has 0 bridgehead atoms. The third-order valence-electron chi connectivity index (χ3n) is 4.58. The molecule has 0 aliphatic carbocycles. The molecule has 1 nitrogen and oxygen atoms in total. The topological polar surface area (TPSA) is 3.24 Å². The van der Waals surface area contributed by atoms with E-state index in [4.69, 9.17) is 0 Å². The molecule has 0 N–H and O–H groups in total. The summed E-state index contributed by atoms with van der Waals surface area (Å²) in [6.45, 7) is 14.0. The first-order chi connectivity index (χ1) is 8.88. The summed E-state index contributed by atoms with van der Waals surface area (Å²) in [4.78, 5) is 2.55. The molecule has 1 aromatic carbocycles. The number of anilines is 1. The van der Waals surface area contributed by atoms with E-state index in [9.17, 15) is 0 Å². The zero-order chi connectivity index (χ0) is 14.0. The van der Waals surface area contributed by atoms with Crippen LogP contribution in [0.4, 0.5) is 5.69 Å². The Morgan fingerprint density at radius 1 is 1.00 bits per heavy atom. The average Bonchev–Trinajstić information content (AvgIpc) is 2.38. The lowest BCUT2D eigenvalue weighted by atomic mass is 9.85. The fourth-order valence-corrected chi connectivity index (χ4v) is 3.00. The van der Waals surface area contributed by atoms with Gasteiger partial charge in [0.1, 0.15) is 0 Å². The molecule has 19 heavy (non-hydrogen) atoms. The van der Waals surface area contributed by atoms with Crippen molar-refractivity contribution in [2.75, 3.05) is 18.0 Å². The van der Waals surface area contributed by atoms with Gasteiger partial charge in [-0.1, -0.05) is 46.8 Å². The molecule has 1 heteroatoms. The third-order valence-corrected chi connectivity index (χ3v) is 4.58. The highest BCUT2D eigenvalue weighted by atomic mass is 15.1. The summed E-state index contributed by atoms with van der Waals surface area (Å²) in [7, 11) is 0. The van der Waals surface area contributed by atoms with Crippen LogP contribution in [0, 0.1) is 11.8 Å². The van der Waals surface area contributed by atoms with Crippen LogP contribution in [0.25, 0.3) is 0 Å². The van der Waals surface area contributed by atoms with Crippen molar-refractivity contribution < 1.29 is 0 Å². The van der Waals surface area contributed by atoms with Crippen LogP contribution in [0.2, 0.25) is 0 Å². The van der Waals surface area contributed by atoms with Gasteiger partial charge in [0.2, 0.25) is 0 Å². The Kier molecular flexibility index (Phi) is 4.23. The van der Waals surface area contributed by atoms with E-state index in [1.807, 2.05) is 0 Å². The van der Waals surface area contributed by atoms with Crippen LogP contribution in [0.3, 0.4) is 0 Å². The summed E-state index contributed by atoms with van der Waals surface area (Å²) in [5, 5.41) is 0. The standard InChI is InChI=1S/C18H29N/c1-14(2)15-10-12-19(13-11-15)17-8-6-16(7-9-17)18(3,4)5/h6-9,14-15H,10-13H2,1-5H3. The zero-order valence-corrected chi connectivity index (χ0v) is 13.2. The molecule has 106 valence electrons. The highest BCUT2D eigenvalue weighted by molar-refractivity contribution is 5.48. The second-order valence-electron chi connectivity index (χ2n) is 7.37. The van der Waals surface area contributed by atoms with Gasteiger partial charge >= 0.3 is 0 Å². The minimum atomic E-state index is 0.253. The Labute approximate surface area is 119 Å². The lowest BCUT2D eigenvalue weighted by molar-refractivity contribution is 0.311. The maximum atomic E-state index is 2.55. The molecule has 0 aromatic heterocycles. The maximum Gasteiger partial charge on any atom is 0.0366 e. The van der Waals surface area contributed by atoms with Crippen molar-refractivity contribution in [3.63, 3.8) is 0 Å². The summed E-state index contributed by atoms with van der Waals surface area (Å²) in [5.74, 6) is 1.76. The first-order valence-corrected chi connectivity index (χ1v) is 7.73. The van der Waals surface area contributed by atoms with Crippen LogP contribution in [-0.4, -0.2) is 13.1 Å². The van der Waals surface area contributed by atoms with Crippen molar-refractivity contribution in [3.05, 3.63) is 29.8 Å². The smallest absolute Gasteiger partial charge is 0.0366 e. The van der Waals surface area contributed by atoms with Crippen molar-refractivity contribution in [2.45, 2.75) is 52.9 Å². The predicted molar refractivity (Wildman–Crippen MR) is 84.9 cm³/mol. The minimum Gasteiger partial charge on any atom is -0.372 e. The Balaban J connectivity index is 2.00. The number of piperidine rings is 1. The van der Waals surface area contributed by atoms with Gasteiger partial charge in [-0.3, -0.25) is 0 Å². The number of hydrogen-bond donors (Lipinski definition) is 0. The van der Waals surface area contributed by atoms with Gasteiger partial charge in [0, 0.05) is 18.8 Å². The van der Waals surface area contributed by atoms with Crippen LogP contribution in [0.5, 0.6) is 0 Å². The van der Waals surface area contributed by atoms with Crippen LogP contribution in [0.1, 0.15) is 53.0 Å². The Morgan fingerprint density at radius 2 is 1.53 bits per heavy atom. The summed E-state index contributed by atoms with van der Waals surface area (Å²) in [6.07, 6.45) is 2.69. The quantitative estimate of drug-likeness (QED) is 0.733. The van der Waals surface area contributed by atoms with Crippen molar-refractivity contribution in [2.24, 2.45) is 11.8 Å². The third kappa shape index (κ3) is 3.52. The van der Waals surface area contributed by atoms with Gasteiger partial charge in [-0.25, -0.2) is 0 Å². The lowest BCUT2D eigenvalue weighted by Gasteiger charge is -2.35. The van der Waals surface area contributed by atoms with Gasteiger partial charge in [0.25, 0.3) is 0 Å². The van der Waals surface area contributed by atoms with E-state index in [-0.39, 0.29) is 5.41 Å².